The first-order valence-electron chi connectivity index (χ1n) is 5.66. The van der Waals surface area contributed by atoms with Crippen molar-refractivity contribution in [2.24, 2.45) is 5.92 Å². The highest BCUT2D eigenvalue weighted by molar-refractivity contribution is 5.92. The Hall–Kier alpha value is -2.44. The quantitative estimate of drug-likeness (QED) is 0.726. The summed E-state index contributed by atoms with van der Waals surface area (Å²) in [7, 11) is 0. The van der Waals surface area contributed by atoms with E-state index in [0.29, 0.717) is 0 Å². The van der Waals surface area contributed by atoms with Crippen molar-refractivity contribution in [3.63, 3.8) is 0 Å². The van der Waals surface area contributed by atoms with Crippen LogP contribution in [0, 0.1) is 11.7 Å². The fourth-order valence-corrected chi connectivity index (χ4v) is 2.09. The van der Waals surface area contributed by atoms with Gasteiger partial charge in [0.05, 0.1) is 12.3 Å². The lowest BCUT2D eigenvalue weighted by Gasteiger charge is -2.32. The molecule has 0 bridgehead atoms. The number of rotatable bonds is 6. The molecule has 0 fully saturated rings. The number of aliphatic carboxylic acids is 3. The van der Waals surface area contributed by atoms with Gasteiger partial charge in [0.15, 0.2) is 0 Å². The molecule has 0 aliphatic carbocycles. The van der Waals surface area contributed by atoms with Gasteiger partial charge in [-0.05, 0) is 17.7 Å². The minimum atomic E-state index is -2.16. The maximum atomic E-state index is 12.9. The summed E-state index contributed by atoms with van der Waals surface area (Å²) in [5.74, 6) is -6.61. The van der Waals surface area contributed by atoms with Crippen LogP contribution in [0.25, 0.3) is 0 Å². The average Bonchev–Trinajstić information content (AvgIpc) is 2.35. The summed E-state index contributed by atoms with van der Waals surface area (Å²) in [5.41, 5.74) is -2.23. The Morgan fingerprint density at radius 2 is 1.65 bits per heavy atom. The van der Waals surface area contributed by atoms with Gasteiger partial charge in [0, 0.05) is 0 Å². The predicted molar refractivity (Wildman–Crippen MR) is 64.8 cm³/mol. The second kappa shape index (κ2) is 5.68. The normalized spacial score (nSPS) is 15.1. The molecule has 7 heteroatoms. The summed E-state index contributed by atoms with van der Waals surface area (Å²) in [6, 6.07) is 4.10. The number of carbonyl (C=O) groups is 3. The Kier molecular flexibility index (Phi) is 4.44. The molecule has 0 saturated carbocycles. The van der Waals surface area contributed by atoms with Gasteiger partial charge in [-0.15, -0.1) is 0 Å². The van der Waals surface area contributed by atoms with Gasteiger partial charge in [-0.25, -0.2) is 4.39 Å². The van der Waals surface area contributed by atoms with Gasteiger partial charge in [0.25, 0.3) is 0 Å². The van der Waals surface area contributed by atoms with Gasteiger partial charge in [0.1, 0.15) is 11.2 Å². The summed E-state index contributed by atoms with van der Waals surface area (Å²) >= 11 is 0. The van der Waals surface area contributed by atoms with E-state index in [9.17, 15) is 23.9 Å². The van der Waals surface area contributed by atoms with Gasteiger partial charge < -0.3 is 15.3 Å². The molecular weight excluding hydrogens is 271 g/mol. The second-order valence-corrected chi connectivity index (χ2v) is 4.41. The molecule has 0 saturated heterocycles. The second-order valence-electron chi connectivity index (χ2n) is 4.41. The Morgan fingerprint density at radius 1 is 1.15 bits per heavy atom. The van der Waals surface area contributed by atoms with Crippen molar-refractivity contribution in [1.82, 2.24) is 0 Å². The Labute approximate surface area is 113 Å². The third-order valence-electron chi connectivity index (χ3n) is 3.28. The highest BCUT2D eigenvalue weighted by atomic mass is 19.1. The minimum absolute atomic E-state index is 0.0660. The average molecular weight is 284 g/mol. The van der Waals surface area contributed by atoms with Crippen LogP contribution in [-0.4, -0.2) is 33.2 Å². The van der Waals surface area contributed by atoms with Crippen molar-refractivity contribution in [2.45, 2.75) is 18.8 Å². The molecule has 0 amide bonds. The molecule has 1 rings (SSSR count). The number of carboxylic acid groups (broad SMARTS) is 3. The van der Waals surface area contributed by atoms with Gasteiger partial charge in [-0.2, -0.15) is 0 Å². The number of halogens is 1. The molecule has 1 aromatic rings. The zero-order valence-electron chi connectivity index (χ0n) is 10.5. The Bertz CT molecular complexity index is 538. The lowest BCUT2D eigenvalue weighted by atomic mass is 9.68. The van der Waals surface area contributed by atoms with Crippen LogP contribution in [0.2, 0.25) is 0 Å². The third-order valence-corrected chi connectivity index (χ3v) is 3.28. The molecule has 2 atom stereocenters. The summed E-state index contributed by atoms with van der Waals surface area (Å²) in [6.45, 7) is 1.11. The number of benzene rings is 1. The van der Waals surface area contributed by atoms with Crippen molar-refractivity contribution >= 4 is 17.9 Å². The monoisotopic (exact) mass is 284 g/mol. The van der Waals surface area contributed by atoms with E-state index in [1.165, 1.54) is 0 Å². The highest BCUT2D eigenvalue weighted by Crippen LogP contribution is 2.37. The molecule has 20 heavy (non-hydrogen) atoms. The Morgan fingerprint density at radius 3 is 2.00 bits per heavy atom. The van der Waals surface area contributed by atoms with E-state index < -0.39 is 41.5 Å². The smallest absolute Gasteiger partial charge is 0.315 e. The number of carboxylic acids is 3. The minimum Gasteiger partial charge on any atom is -0.481 e. The number of hydrogen-bond donors (Lipinski definition) is 3. The van der Waals surface area contributed by atoms with Crippen LogP contribution in [0.3, 0.4) is 0 Å². The molecule has 0 heterocycles. The van der Waals surface area contributed by atoms with Crippen LogP contribution in [0.4, 0.5) is 4.39 Å². The lowest BCUT2D eigenvalue weighted by molar-refractivity contribution is -0.159. The first-order chi connectivity index (χ1) is 9.21. The Balaban J connectivity index is 3.51. The summed E-state index contributed by atoms with van der Waals surface area (Å²) < 4.78 is 12.9. The lowest BCUT2D eigenvalue weighted by Crippen LogP contribution is -2.47. The molecule has 0 spiro atoms. The van der Waals surface area contributed by atoms with E-state index in [1.54, 1.807) is 0 Å². The van der Waals surface area contributed by atoms with Crippen molar-refractivity contribution in [1.29, 1.82) is 0 Å². The molecule has 2 unspecified atom stereocenters. The SMILES string of the molecule is CC(C(=O)O)C(CC(=O)O)(C(=O)O)c1ccc(F)cc1. The molecule has 0 aromatic heterocycles. The molecule has 108 valence electrons. The molecular formula is C13H13FO6. The van der Waals surface area contributed by atoms with Gasteiger partial charge in [-0.3, -0.25) is 14.4 Å². The van der Waals surface area contributed by atoms with Gasteiger partial charge in [0.2, 0.25) is 0 Å². The van der Waals surface area contributed by atoms with Crippen LogP contribution in [0.1, 0.15) is 18.9 Å². The largest absolute Gasteiger partial charge is 0.481 e. The third kappa shape index (κ3) is 2.76. The summed E-state index contributed by atoms with van der Waals surface area (Å²) in [6.07, 6.45) is -0.915. The molecule has 6 nitrogen and oxygen atoms in total. The topological polar surface area (TPSA) is 112 Å². The molecule has 0 aliphatic heterocycles. The van der Waals surface area contributed by atoms with Crippen molar-refractivity contribution in [2.75, 3.05) is 0 Å². The van der Waals surface area contributed by atoms with E-state index in [4.69, 9.17) is 10.2 Å². The standard InChI is InChI=1S/C13H13FO6/c1-7(11(17)18)13(12(19)20,6-10(15)16)8-2-4-9(14)5-3-8/h2-5,7H,6H2,1H3,(H,15,16)(H,17,18)(H,19,20). The van der Waals surface area contributed by atoms with E-state index in [2.05, 4.69) is 0 Å². The molecule has 3 N–H and O–H groups in total. The van der Waals surface area contributed by atoms with Crippen LogP contribution in [-0.2, 0) is 19.8 Å². The summed E-state index contributed by atoms with van der Waals surface area (Å²) in [4.78, 5) is 33.7. The number of hydrogen-bond acceptors (Lipinski definition) is 3. The highest BCUT2D eigenvalue weighted by Gasteiger charge is 2.50. The maximum absolute atomic E-state index is 12.9. The fraction of sp³-hybridized carbons (Fsp3) is 0.308. The van der Waals surface area contributed by atoms with Crippen LogP contribution in [0.5, 0.6) is 0 Å². The molecule has 0 aliphatic rings. The van der Waals surface area contributed by atoms with Crippen LogP contribution in [0.15, 0.2) is 24.3 Å². The predicted octanol–water partition coefficient (Wildman–Crippen LogP) is 1.34. The molecule has 1 aromatic carbocycles. The summed E-state index contributed by atoms with van der Waals surface area (Å²) in [5, 5.41) is 27.4. The zero-order chi connectivity index (χ0) is 15.5. The van der Waals surface area contributed by atoms with E-state index in [1.807, 2.05) is 0 Å². The molecule has 0 radical (unpaired) electrons. The van der Waals surface area contributed by atoms with Crippen LogP contribution < -0.4 is 0 Å². The fourth-order valence-electron chi connectivity index (χ4n) is 2.09. The first kappa shape index (κ1) is 15.6. The van der Waals surface area contributed by atoms with E-state index in [0.717, 1.165) is 31.2 Å². The first-order valence-corrected chi connectivity index (χ1v) is 5.66. The van der Waals surface area contributed by atoms with Gasteiger partial charge >= 0.3 is 17.9 Å². The zero-order valence-corrected chi connectivity index (χ0v) is 10.5. The van der Waals surface area contributed by atoms with Crippen molar-refractivity contribution in [3.05, 3.63) is 35.6 Å². The van der Waals surface area contributed by atoms with Crippen LogP contribution >= 0.6 is 0 Å². The van der Waals surface area contributed by atoms with Gasteiger partial charge in [-0.1, -0.05) is 19.1 Å². The van der Waals surface area contributed by atoms with Crippen molar-refractivity contribution in [3.8, 4) is 0 Å². The van der Waals surface area contributed by atoms with E-state index in [-0.39, 0.29) is 5.56 Å². The maximum Gasteiger partial charge on any atom is 0.315 e. The van der Waals surface area contributed by atoms with Crippen molar-refractivity contribution < 1.29 is 34.1 Å². The van der Waals surface area contributed by atoms with E-state index >= 15 is 0 Å².